The molecule has 0 aliphatic carbocycles. The molecule has 1 saturated heterocycles. The first-order valence-corrected chi connectivity index (χ1v) is 15.0. The van der Waals surface area contributed by atoms with E-state index in [1.54, 1.807) is 48.5 Å². The Hall–Kier alpha value is -4.62. The molecule has 0 saturated carbocycles. The van der Waals surface area contributed by atoms with Crippen LogP contribution in [-0.2, 0) is 24.3 Å². The second-order valence-corrected chi connectivity index (χ2v) is 11.3. The minimum atomic E-state index is -4.12. The highest BCUT2D eigenvalue weighted by Crippen LogP contribution is 2.33. The van der Waals surface area contributed by atoms with Gasteiger partial charge < -0.3 is 24.3 Å². The van der Waals surface area contributed by atoms with Gasteiger partial charge in [-0.15, -0.1) is 0 Å². The van der Waals surface area contributed by atoms with E-state index in [1.165, 1.54) is 44.7 Å². The van der Waals surface area contributed by atoms with Crippen LogP contribution in [0.3, 0.4) is 0 Å². The molecule has 0 unspecified atom stereocenters. The molecule has 0 bridgehead atoms. The van der Waals surface area contributed by atoms with E-state index in [-0.39, 0.29) is 29.2 Å². The second-order valence-electron chi connectivity index (χ2n) is 9.45. The van der Waals surface area contributed by atoms with E-state index in [1.807, 2.05) is 0 Å². The Morgan fingerprint density at radius 1 is 1.00 bits per heavy atom. The largest absolute Gasteiger partial charge is 0.493 e. The summed E-state index contributed by atoms with van der Waals surface area (Å²) in [6, 6.07) is 19.1. The van der Waals surface area contributed by atoms with Gasteiger partial charge in [0.2, 0.25) is 0 Å². The molecule has 43 heavy (non-hydrogen) atoms. The fraction of sp³-hybridized carbons (Fsp3) is 0.300. The number of amides is 2. The number of carbonyl (C=O) groups excluding carboxylic acids is 2. The molecule has 0 radical (unpaired) electrons. The number of hydrogen-bond acceptors (Lipinski definition) is 9. The lowest BCUT2D eigenvalue weighted by molar-refractivity contribution is -0.123. The minimum Gasteiger partial charge on any atom is -0.493 e. The Bertz CT molecular complexity index is 1510. The molecule has 1 aliphatic heterocycles. The Morgan fingerprint density at radius 2 is 1.74 bits per heavy atom. The number of hydrazone groups is 1. The molecule has 13 heteroatoms. The average Bonchev–Trinajstić information content (AvgIpc) is 3.56. The Labute approximate surface area is 250 Å². The maximum Gasteiger partial charge on any atom is 0.264 e. The number of nitrogens with one attached hydrogen (secondary N) is 2. The summed E-state index contributed by atoms with van der Waals surface area (Å²) >= 11 is 0. The van der Waals surface area contributed by atoms with E-state index >= 15 is 0 Å². The van der Waals surface area contributed by atoms with Crippen molar-refractivity contribution in [3.05, 3.63) is 78.4 Å². The average molecular weight is 611 g/mol. The van der Waals surface area contributed by atoms with Gasteiger partial charge >= 0.3 is 0 Å². The number of anilines is 1. The predicted octanol–water partition coefficient (Wildman–Crippen LogP) is 2.72. The molecule has 1 atom stereocenters. The number of ether oxygens (including phenoxy) is 4. The van der Waals surface area contributed by atoms with Crippen LogP contribution in [0.25, 0.3) is 0 Å². The highest BCUT2D eigenvalue weighted by molar-refractivity contribution is 7.92. The first kappa shape index (κ1) is 31.3. The van der Waals surface area contributed by atoms with Crippen LogP contribution < -0.4 is 29.3 Å². The first-order chi connectivity index (χ1) is 20.8. The molecule has 228 valence electrons. The van der Waals surface area contributed by atoms with Crippen LogP contribution in [0, 0.1) is 0 Å². The summed E-state index contributed by atoms with van der Waals surface area (Å²) in [6.45, 7) is 0.516. The molecule has 12 nitrogen and oxygen atoms in total. The summed E-state index contributed by atoms with van der Waals surface area (Å²) in [5, 5.41) is 6.76. The third kappa shape index (κ3) is 8.69. The van der Waals surface area contributed by atoms with Crippen molar-refractivity contribution in [2.24, 2.45) is 5.10 Å². The van der Waals surface area contributed by atoms with Crippen molar-refractivity contribution in [3.63, 3.8) is 0 Å². The number of methoxy groups -OCH3 is 2. The van der Waals surface area contributed by atoms with Crippen molar-refractivity contribution in [2.75, 3.05) is 44.8 Å². The van der Waals surface area contributed by atoms with Gasteiger partial charge in [0.1, 0.15) is 12.3 Å². The third-order valence-electron chi connectivity index (χ3n) is 6.48. The zero-order chi connectivity index (χ0) is 30.7. The molecule has 1 fully saturated rings. The maximum absolute atomic E-state index is 13.5. The fourth-order valence-corrected chi connectivity index (χ4v) is 5.68. The summed E-state index contributed by atoms with van der Waals surface area (Å²) in [4.78, 5) is 24.9. The SMILES string of the molecule is COc1ccc(N(CC(=O)N/N=C\c2ccc(OCC(=O)NC[C@H]3CCCO3)cc2)S(=O)(=O)c2ccccc2)cc1OC. The Kier molecular flexibility index (Phi) is 10.9. The molecule has 1 heterocycles. The lowest BCUT2D eigenvalue weighted by Gasteiger charge is -2.24. The summed E-state index contributed by atoms with van der Waals surface area (Å²) in [6.07, 6.45) is 3.41. The van der Waals surface area contributed by atoms with Crippen molar-refractivity contribution in [1.29, 1.82) is 0 Å². The van der Waals surface area contributed by atoms with Crippen LogP contribution in [0.5, 0.6) is 17.2 Å². The van der Waals surface area contributed by atoms with Gasteiger partial charge in [0.25, 0.3) is 21.8 Å². The maximum atomic E-state index is 13.5. The number of benzene rings is 3. The summed E-state index contributed by atoms with van der Waals surface area (Å²) < 4.78 is 49.6. The number of sulfonamides is 1. The van der Waals surface area contributed by atoms with Gasteiger partial charge in [-0.1, -0.05) is 18.2 Å². The monoisotopic (exact) mass is 610 g/mol. The molecule has 0 spiro atoms. The number of carbonyl (C=O) groups is 2. The minimum absolute atomic E-state index is 0.0173. The smallest absolute Gasteiger partial charge is 0.264 e. The third-order valence-corrected chi connectivity index (χ3v) is 8.27. The first-order valence-electron chi connectivity index (χ1n) is 13.5. The van der Waals surface area contributed by atoms with Crippen molar-refractivity contribution >= 4 is 33.7 Å². The quantitative estimate of drug-likeness (QED) is 0.209. The van der Waals surface area contributed by atoms with Gasteiger partial charge in [0.15, 0.2) is 18.1 Å². The molecule has 1 aliphatic rings. The van der Waals surface area contributed by atoms with Crippen LogP contribution in [-0.4, -0.2) is 73.1 Å². The molecule has 0 aromatic heterocycles. The van der Waals surface area contributed by atoms with E-state index in [0.717, 1.165) is 23.8 Å². The normalized spacial score (nSPS) is 14.7. The van der Waals surface area contributed by atoms with E-state index in [4.69, 9.17) is 18.9 Å². The summed E-state index contributed by atoms with van der Waals surface area (Å²) in [7, 11) is -1.22. The zero-order valence-electron chi connectivity index (χ0n) is 23.9. The van der Waals surface area contributed by atoms with Crippen LogP contribution in [0.15, 0.2) is 82.8 Å². The summed E-state index contributed by atoms with van der Waals surface area (Å²) in [5.74, 6) is 0.301. The number of rotatable bonds is 14. The molecule has 4 rings (SSSR count). The van der Waals surface area contributed by atoms with Crippen LogP contribution >= 0.6 is 0 Å². The standard InChI is InChI=1S/C30H34N4O8S/c1-39-27-15-12-23(17-28(27)40-2)34(43(37,38)26-8-4-3-5-9-26)20-29(35)33-32-18-22-10-13-24(14-11-22)42-21-30(36)31-19-25-7-6-16-41-25/h3-5,8-15,17-18,25H,6-7,16,19-21H2,1-2H3,(H,31,36)(H,33,35)/b32-18-/t25-/m1/s1. The van der Waals surface area contributed by atoms with E-state index in [0.29, 0.717) is 29.4 Å². The highest BCUT2D eigenvalue weighted by Gasteiger charge is 2.28. The van der Waals surface area contributed by atoms with Gasteiger partial charge in [0.05, 0.1) is 37.1 Å². The second kappa shape index (κ2) is 15.0. The van der Waals surface area contributed by atoms with Gasteiger partial charge in [-0.25, -0.2) is 13.8 Å². The highest BCUT2D eigenvalue weighted by atomic mass is 32.2. The van der Waals surface area contributed by atoms with Gasteiger partial charge in [-0.2, -0.15) is 5.10 Å². The molecule has 3 aromatic carbocycles. The Morgan fingerprint density at radius 3 is 2.42 bits per heavy atom. The van der Waals surface area contributed by atoms with E-state index in [2.05, 4.69) is 15.8 Å². The Balaban J connectivity index is 1.36. The molecular formula is C30H34N4O8S. The molecule has 2 amide bonds. The molecular weight excluding hydrogens is 576 g/mol. The fourth-order valence-electron chi connectivity index (χ4n) is 4.24. The van der Waals surface area contributed by atoms with E-state index < -0.39 is 22.5 Å². The zero-order valence-corrected chi connectivity index (χ0v) is 24.7. The topological polar surface area (TPSA) is 145 Å². The molecule has 3 aromatic rings. The lowest BCUT2D eigenvalue weighted by atomic mass is 10.2. The van der Waals surface area contributed by atoms with Crippen LogP contribution in [0.2, 0.25) is 0 Å². The van der Waals surface area contributed by atoms with Gasteiger partial charge in [-0.3, -0.25) is 13.9 Å². The van der Waals surface area contributed by atoms with Crippen LogP contribution in [0.1, 0.15) is 18.4 Å². The predicted molar refractivity (Wildman–Crippen MR) is 160 cm³/mol. The van der Waals surface area contributed by atoms with Crippen molar-refractivity contribution in [1.82, 2.24) is 10.7 Å². The van der Waals surface area contributed by atoms with Crippen LogP contribution in [0.4, 0.5) is 5.69 Å². The number of nitrogens with zero attached hydrogens (tertiary/aromatic N) is 2. The van der Waals surface area contributed by atoms with Gasteiger partial charge in [0, 0.05) is 19.2 Å². The van der Waals surface area contributed by atoms with Gasteiger partial charge in [-0.05, 0) is 66.9 Å². The summed E-state index contributed by atoms with van der Waals surface area (Å²) in [5.41, 5.74) is 3.22. The lowest BCUT2D eigenvalue weighted by Crippen LogP contribution is -2.39. The van der Waals surface area contributed by atoms with Crippen molar-refractivity contribution in [2.45, 2.75) is 23.8 Å². The van der Waals surface area contributed by atoms with E-state index in [9.17, 15) is 18.0 Å². The number of hydrogen-bond donors (Lipinski definition) is 2. The van der Waals surface area contributed by atoms with Crippen molar-refractivity contribution < 1.29 is 37.0 Å². The van der Waals surface area contributed by atoms with Crippen molar-refractivity contribution in [3.8, 4) is 17.2 Å². The molecule has 2 N–H and O–H groups in total.